The molecule has 0 fully saturated rings. The molecule has 0 aromatic carbocycles. The van der Waals surface area contributed by atoms with Crippen molar-refractivity contribution in [1.29, 1.82) is 0 Å². The lowest BCUT2D eigenvalue weighted by Crippen LogP contribution is -2.46. The van der Waals surface area contributed by atoms with Gasteiger partial charge in [0.2, 0.25) is 10.0 Å². The molecule has 0 aromatic heterocycles. The van der Waals surface area contributed by atoms with E-state index in [9.17, 15) is 30.8 Å². The molecule has 5 nitrogen and oxygen atoms in total. The maximum absolute atomic E-state index is 12.4. The van der Waals surface area contributed by atoms with Crippen LogP contribution in [0.25, 0.3) is 0 Å². The second-order valence-electron chi connectivity index (χ2n) is 3.28. The van der Waals surface area contributed by atoms with E-state index in [4.69, 9.17) is 0 Å². The van der Waals surface area contributed by atoms with Crippen LogP contribution in [0, 0.1) is 0 Å². The largest absolute Gasteiger partial charge is 0.383 e. The highest BCUT2D eigenvalue weighted by Crippen LogP contribution is 2.22. The number of carbonyl (C=O) groups excluding carboxylic acids is 1. The maximum Gasteiger partial charge on any atom is 0.383 e. The number of rotatable bonds is 6. The molecule has 0 atom stereocenters. The third kappa shape index (κ3) is 4.46. The molecule has 102 valence electrons. The van der Waals surface area contributed by atoms with Crippen molar-refractivity contribution in [3.05, 3.63) is 0 Å². The summed E-state index contributed by atoms with van der Waals surface area (Å²) in [7, 11) is -1.25. The lowest BCUT2D eigenvalue weighted by molar-refractivity contribution is -0.169. The van der Waals surface area contributed by atoms with Crippen LogP contribution in [0.3, 0.4) is 0 Å². The van der Waals surface area contributed by atoms with Crippen LogP contribution in [-0.2, 0) is 14.8 Å². The standard InChI is InChI=1S/C7H12F4N2O3S/c1-13(2)17(15,16)4-3-12-6(14)7(10,11)5(8)9/h5H,3-4H2,1-2H3,(H,12,14). The first-order valence-electron chi connectivity index (χ1n) is 4.36. The molecule has 1 amide bonds. The smallest absolute Gasteiger partial charge is 0.350 e. The number of alkyl halides is 4. The molecule has 0 radical (unpaired) electrons. The van der Waals surface area contributed by atoms with Gasteiger partial charge in [-0.1, -0.05) is 0 Å². The average Bonchev–Trinajstić information content (AvgIpc) is 2.16. The van der Waals surface area contributed by atoms with Gasteiger partial charge in [-0.05, 0) is 0 Å². The van der Waals surface area contributed by atoms with Gasteiger partial charge in [-0.15, -0.1) is 0 Å². The molecule has 0 aliphatic heterocycles. The number of nitrogens with one attached hydrogen (secondary N) is 1. The van der Waals surface area contributed by atoms with Crippen LogP contribution in [0.5, 0.6) is 0 Å². The van der Waals surface area contributed by atoms with Crippen molar-refractivity contribution in [3.63, 3.8) is 0 Å². The Balaban J connectivity index is 4.30. The molecule has 0 rings (SSSR count). The number of nitrogens with zero attached hydrogens (tertiary/aromatic N) is 1. The van der Waals surface area contributed by atoms with Crippen LogP contribution < -0.4 is 5.32 Å². The van der Waals surface area contributed by atoms with Gasteiger partial charge in [-0.3, -0.25) is 4.79 Å². The molecule has 0 aliphatic rings. The van der Waals surface area contributed by atoms with Gasteiger partial charge < -0.3 is 5.32 Å². The molecule has 0 aliphatic carbocycles. The van der Waals surface area contributed by atoms with E-state index in [1.54, 1.807) is 0 Å². The highest BCUT2D eigenvalue weighted by Gasteiger charge is 2.48. The maximum atomic E-state index is 12.4. The van der Waals surface area contributed by atoms with E-state index < -0.39 is 40.6 Å². The van der Waals surface area contributed by atoms with E-state index in [1.807, 2.05) is 0 Å². The molecule has 17 heavy (non-hydrogen) atoms. The van der Waals surface area contributed by atoms with Crippen LogP contribution in [0.1, 0.15) is 0 Å². The summed E-state index contributed by atoms with van der Waals surface area (Å²) >= 11 is 0. The lowest BCUT2D eigenvalue weighted by atomic mass is 10.3. The number of amides is 1. The molecular formula is C7H12F4N2O3S. The first kappa shape index (κ1) is 16.1. The fraction of sp³-hybridized carbons (Fsp3) is 0.857. The Morgan fingerprint density at radius 3 is 2.18 bits per heavy atom. The van der Waals surface area contributed by atoms with Crippen molar-refractivity contribution in [3.8, 4) is 0 Å². The Morgan fingerprint density at radius 1 is 1.35 bits per heavy atom. The van der Waals surface area contributed by atoms with E-state index in [0.29, 0.717) is 0 Å². The van der Waals surface area contributed by atoms with Crippen molar-refractivity contribution in [2.75, 3.05) is 26.4 Å². The zero-order valence-corrected chi connectivity index (χ0v) is 9.90. The second kappa shape index (κ2) is 5.63. The van der Waals surface area contributed by atoms with E-state index >= 15 is 0 Å². The Hall–Kier alpha value is -0.900. The molecule has 10 heteroatoms. The summed E-state index contributed by atoms with van der Waals surface area (Å²) in [6.45, 7) is -0.665. The van der Waals surface area contributed by atoms with E-state index in [0.717, 1.165) is 4.31 Å². The molecule has 1 N–H and O–H groups in total. The summed E-state index contributed by atoms with van der Waals surface area (Å²) in [4.78, 5) is 10.6. The predicted octanol–water partition coefficient (Wildman–Crippen LogP) is -0.106. The molecule has 0 heterocycles. The number of hydrogen-bond donors (Lipinski definition) is 1. The summed E-state index contributed by atoms with van der Waals surface area (Å²) in [6.07, 6.45) is -4.13. The van der Waals surface area contributed by atoms with Crippen molar-refractivity contribution in [2.24, 2.45) is 0 Å². The molecule has 0 bridgehead atoms. The van der Waals surface area contributed by atoms with Crippen molar-refractivity contribution < 1.29 is 30.8 Å². The Labute approximate surface area is 95.8 Å². The van der Waals surface area contributed by atoms with Crippen LogP contribution in [0.4, 0.5) is 17.6 Å². The fourth-order valence-corrected chi connectivity index (χ4v) is 1.42. The second-order valence-corrected chi connectivity index (χ2v) is 5.58. The number of sulfonamides is 1. The minimum Gasteiger partial charge on any atom is -0.350 e. The fourth-order valence-electron chi connectivity index (χ4n) is 0.693. The normalized spacial score (nSPS) is 13.2. The van der Waals surface area contributed by atoms with E-state index in [-0.39, 0.29) is 0 Å². The number of halogens is 4. The first-order valence-corrected chi connectivity index (χ1v) is 5.97. The topological polar surface area (TPSA) is 66.5 Å². The van der Waals surface area contributed by atoms with Gasteiger partial charge in [0.1, 0.15) is 0 Å². The molecule has 0 saturated heterocycles. The lowest BCUT2D eigenvalue weighted by Gasteiger charge is -2.15. The monoisotopic (exact) mass is 280 g/mol. The van der Waals surface area contributed by atoms with Crippen LogP contribution in [-0.4, -0.2) is 57.4 Å². The molecular weight excluding hydrogens is 268 g/mol. The van der Waals surface area contributed by atoms with E-state index in [1.165, 1.54) is 19.4 Å². The van der Waals surface area contributed by atoms with E-state index in [2.05, 4.69) is 0 Å². The highest BCUT2D eigenvalue weighted by atomic mass is 32.2. The van der Waals surface area contributed by atoms with Gasteiger partial charge in [0, 0.05) is 20.6 Å². The van der Waals surface area contributed by atoms with Crippen molar-refractivity contribution in [1.82, 2.24) is 9.62 Å². The Bertz CT molecular complexity index is 369. The SMILES string of the molecule is CN(C)S(=O)(=O)CCNC(=O)C(F)(F)C(F)F. The van der Waals surface area contributed by atoms with Gasteiger partial charge in [-0.2, -0.15) is 8.78 Å². The quantitative estimate of drug-likeness (QED) is 0.691. The van der Waals surface area contributed by atoms with Crippen LogP contribution in [0.2, 0.25) is 0 Å². The van der Waals surface area contributed by atoms with Crippen molar-refractivity contribution in [2.45, 2.75) is 12.3 Å². The number of hydrogen-bond acceptors (Lipinski definition) is 3. The van der Waals surface area contributed by atoms with Gasteiger partial charge in [0.15, 0.2) is 0 Å². The highest BCUT2D eigenvalue weighted by molar-refractivity contribution is 7.89. The van der Waals surface area contributed by atoms with Gasteiger partial charge in [0.05, 0.1) is 5.75 Å². The molecule has 0 spiro atoms. The number of carbonyl (C=O) groups is 1. The molecule has 0 unspecified atom stereocenters. The van der Waals surface area contributed by atoms with Gasteiger partial charge >= 0.3 is 12.3 Å². The van der Waals surface area contributed by atoms with Gasteiger partial charge in [-0.25, -0.2) is 21.5 Å². The zero-order chi connectivity index (χ0) is 13.9. The summed E-state index contributed by atoms with van der Waals surface area (Å²) in [6, 6.07) is 0. The van der Waals surface area contributed by atoms with Crippen LogP contribution in [0.15, 0.2) is 0 Å². The summed E-state index contributed by atoms with van der Waals surface area (Å²) in [5.74, 6) is -7.66. The summed E-state index contributed by atoms with van der Waals surface area (Å²) < 4.78 is 71.3. The Kier molecular flexibility index (Phi) is 5.33. The Morgan fingerprint density at radius 2 is 1.82 bits per heavy atom. The zero-order valence-electron chi connectivity index (χ0n) is 9.08. The summed E-state index contributed by atoms with van der Waals surface area (Å²) in [5, 5.41) is 1.44. The molecule has 0 aromatic rings. The average molecular weight is 280 g/mol. The first-order chi connectivity index (χ1) is 7.51. The van der Waals surface area contributed by atoms with Crippen LogP contribution >= 0.6 is 0 Å². The minimum atomic E-state index is -4.82. The third-order valence-electron chi connectivity index (χ3n) is 1.78. The third-order valence-corrected chi connectivity index (χ3v) is 3.61. The van der Waals surface area contributed by atoms with Gasteiger partial charge in [0.25, 0.3) is 5.91 Å². The minimum absolute atomic E-state index is 0.648. The summed E-state index contributed by atoms with van der Waals surface area (Å²) in [5.41, 5.74) is 0. The predicted molar refractivity (Wildman–Crippen MR) is 51.4 cm³/mol. The van der Waals surface area contributed by atoms with Crippen molar-refractivity contribution >= 4 is 15.9 Å². The molecule has 0 saturated carbocycles.